The van der Waals surface area contributed by atoms with Gasteiger partial charge in [0.1, 0.15) is 0 Å². The molecular weight excluding hydrogens is 270 g/mol. The lowest BCUT2D eigenvalue weighted by Crippen LogP contribution is -2.36. The Bertz CT molecular complexity index is 444. The molecule has 1 aliphatic rings. The SMILES string of the molecule is COc1cc(C(C)NCC2(SC)CCCC2)ccc1O. The molecule has 0 aliphatic heterocycles. The van der Waals surface area contributed by atoms with Crippen LogP contribution in [0.5, 0.6) is 11.5 Å². The second-order valence-electron chi connectivity index (χ2n) is 5.63. The summed E-state index contributed by atoms with van der Waals surface area (Å²) in [6, 6.07) is 5.82. The van der Waals surface area contributed by atoms with Gasteiger partial charge >= 0.3 is 0 Å². The second-order valence-corrected chi connectivity index (χ2v) is 6.90. The van der Waals surface area contributed by atoms with E-state index in [0.29, 0.717) is 10.5 Å². The van der Waals surface area contributed by atoms with Gasteiger partial charge in [-0.15, -0.1) is 0 Å². The Morgan fingerprint density at radius 2 is 2.10 bits per heavy atom. The molecule has 20 heavy (non-hydrogen) atoms. The number of thioether (sulfide) groups is 1. The zero-order valence-corrected chi connectivity index (χ0v) is 13.4. The Morgan fingerprint density at radius 1 is 1.40 bits per heavy atom. The van der Waals surface area contributed by atoms with Crippen molar-refractivity contribution in [3.05, 3.63) is 23.8 Å². The number of nitrogens with one attached hydrogen (secondary N) is 1. The van der Waals surface area contributed by atoms with Crippen LogP contribution in [-0.4, -0.2) is 29.8 Å². The van der Waals surface area contributed by atoms with Gasteiger partial charge in [0.05, 0.1) is 7.11 Å². The van der Waals surface area contributed by atoms with Crippen LogP contribution in [0.3, 0.4) is 0 Å². The molecule has 0 aromatic heterocycles. The summed E-state index contributed by atoms with van der Waals surface area (Å²) >= 11 is 2.00. The van der Waals surface area contributed by atoms with E-state index in [-0.39, 0.29) is 11.8 Å². The molecule has 1 fully saturated rings. The van der Waals surface area contributed by atoms with E-state index in [1.807, 2.05) is 23.9 Å². The molecule has 1 atom stereocenters. The van der Waals surface area contributed by atoms with Gasteiger partial charge < -0.3 is 15.2 Å². The molecule has 0 bridgehead atoms. The van der Waals surface area contributed by atoms with E-state index in [9.17, 15) is 5.11 Å². The van der Waals surface area contributed by atoms with Crippen molar-refractivity contribution >= 4 is 11.8 Å². The molecule has 0 heterocycles. The Labute approximate surface area is 126 Å². The maximum absolute atomic E-state index is 9.65. The van der Waals surface area contributed by atoms with Crippen molar-refractivity contribution in [1.82, 2.24) is 5.32 Å². The first-order valence-corrected chi connectivity index (χ1v) is 8.48. The van der Waals surface area contributed by atoms with Crippen LogP contribution in [0, 0.1) is 0 Å². The number of methoxy groups -OCH3 is 1. The predicted molar refractivity (Wildman–Crippen MR) is 85.8 cm³/mol. The Kier molecular flexibility index (Phi) is 5.22. The van der Waals surface area contributed by atoms with E-state index in [1.54, 1.807) is 13.2 Å². The van der Waals surface area contributed by atoms with E-state index < -0.39 is 0 Å². The summed E-state index contributed by atoms with van der Waals surface area (Å²) in [7, 11) is 1.58. The van der Waals surface area contributed by atoms with Gasteiger partial charge in [-0.05, 0) is 43.7 Å². The van der Waals surface area contributed by atoms with Crippen LogP contribution in [0.1, 0.15) is 44.2 Å². The lowest BCUT2D eigenvalue weighted by molar-refractivity contribution is 0.372. The molecule has 4 heteroatoms. The zero-order valence-electron chi connectivity index (χ0n) is 12.6. The van der Waals surface area contributed by atoms with Gasteiger partial charge in [-0.1, -0.05) is 18.9 Å². The van der Waals surface area contributed by atoms with Gasteiger partial charge in [-0.2, -0.15) is 11.8 Å². The lowest BCUT2D eigenvalue weighted by atomic mass is 10.0. The molecule has 112 valence electrons. The Hall–Kier alpha value is -0.870. The molecule has 0 saturated heterocycles. The summed E-state index contributed by atoms with van der Waals surface area (Å²) in [6.45, 7) is 3.20. The molecule has 2 N–H and O–H groups in total. The van der Waals surface area contributed by atoms with Gasteiger partial charge in [-0.3, -0.25) is 0 Å². The normalized spacial score (nSPS) is 18.9. The van der Waals surface area contributed by atoms with Crippen LogP contribution in [0.15, 0.2) is 18.2 Å². The minimum Gasteiger partial charge on any atom is -0.504 e. The maximum Gasteiger partial charge on any atom is 0.160 e. The van der Waals surface area contributed by atoms with Crippen molar-refractivity contribution in [2.75, 3.05) is 19.9 Å². The van der Waals surface area contributed by atoms with Gasteiger partial charge in [0, 0.05) is 17.3 Å². The van der Waals surface area contributed by atoms with Crippen molar-refractivity contribution in [1.29, 1.82) is 0 Å². The van der Waals surface area contributed by atoms with Crippen LogP contribution in [0.4, 0.5) is 0 Å². The minimum absolute atomic E-state index is 0.194. The lowest BCUT2D eigenvalue weighted by Gasteiger charge is -2.29. The molecule has 1 aromatic rings. The quantitative estimate of drug-likeness (QED) is 0.839. The molecule has 2 rings (SSSR count). The largest absolute Gasteiger partial charge is 0.504 e. The molecule has 0 radical (unpaired) electrons. The summed E-state index contributed by atoms with van der Waals surface area (Å²) < 4.78 is 5.58. The summed E-state index contributed by atoms with van der Waals surface area (Å²) in [5.41, 5.74) is 1.15. The number of rotatable bonds is 6. The maximum atomic E-state index is 9.65. The standard InChI is InChI=1S/C16H25NO2S/c1-12(13-6-7-14(18)15(10-13)19-2)17-11-16(20-3)8-4-5-9-16/h6-7,10,12,17-18H,4-5,8-9,11H2,1-3H3. The van der Waals surface area contributed by atoms with Crippen molar-refractivity contribution < 1.29 is 9.84 Å². The van der Waals surface area contributed by atoms with Crippen LogP contribution in [0.25, 0.3) is 0 Å². The second kappa shape index (κ2) is 6.72. The molecule has 0 spiro atoms. The predicted octanol–water partition coefficient (Wildman–Crippen LogP) is 3.73. The topological polar surface area (TPSA) is 41.5 Å². The minimum atomic E-state index is 0.194. The van der Waals surface area contributed by atoms with Crippen LogP contribution >= 0.6 is 11.8 Å². The van der Waals surface area contributed by atoms with Crippen molar-refractivity contribution in [3.8, 4) is 11.5 Å². The number of phenolic OH excluding ortho intramolecular Hbond substituents is 1. The average molecular weight is 295 g/mol. The van der Waals surface area contributed by atoms with Crippen LogP contribution in [0.2, 0.25) is 0 Å². The number of benzene rings is 1. The van der Waals surface area contributed by atoms with Gasteiger partial charge in [0.15, 0.2) is 11.5 Å². The number of aromatic hydroxyl groups is 1. The summed E-state index contributed by atoms with van der Waals surface area (Å²) in [6.07, 6.45) is 7.55. The highest BCUT2D eigenvalue weighted by Gasteiger charge is 2.32. The smallest absolute Gasteiger partial charge is 0.160 e. The fourth-order valence-electron chi connectivity index (χ4n) is 2.89. The summed E-state index contributed by atoms with van der Waals surface area (Å²) in [5, 5.41) is 13.3. The van der Waals surface area contributed by atoms with E-state index in [0.717, 1.165) is 12.1 Å². The van der Waals surface area contributed by atoms with Gasteiger partial charge in [-0.25, -0.2) is 0 Å². The fourth-order valence-corrected chi connectivity index (χ4v) is 3.82. The molecule has 1 aromatic carbocycles. The number of ether oxygens (including phenoxy) is 1. The van der Waals surface area contributed by atoms with Crippen molar-refractivity contribution in [3.63, 3.8) is 0 Å². The highest BCUT2D eigenvalue weighted by atomic mass is 32.2. The molecule has 0 amide bonds. The first kappa shape index (κ1) is 15.5. The van der Waals surface area contributed by atoms with Crippen LogP contribution < -0.4 is 10.1 Å². The van der Waals surface area contributed by atoms with E-state index in [4.69, 9.17) is 4.74 Å². The Balaban J connectivity index is 1.99. The molecule has 1 aliphatic carbocycles. The number of hydrogen-bond donors (Lipinski definition) is 2. The molecular formula is C16H25NO2S. The molecule has 1 saturated carbocycles. The van der Waals surface area contributed by atoms with Gasteiger partial charge in [0.2, 0.25) is 0 Å². The van der Waals surface area contributed by atoms with E-state index in [1.165, 1.54) is 25.7 Å². The number of phenols is 1. The summed E-state index contributed by atoms with van der Waals surface area (Å²) in [4.78, 5) is 0. The first-order valence-electron chi connectivity index (χ1n) is 7.26. The highest BCUT2D eigenvalue weighted by molar-refractivity contribution is 8.00. The third kappa shape index (κ3) is 3.41. The fraction of sp³-hybridized carbons (Fsp3) is 0.625. The monoisotopic (exact) mass is 295 g/mol. The van der Waals surface area contributed by atoms with Crippen LogP contribution in [-0.2, 0) is 0 Å². The summed E-state index contributed by atoms with van der Waals surface area (Å²) in [5.74, 6) is 0.733. The van der Waals surface area contributed by atoms with Crippen molar-refractivity contribution in [2.24, 2.45) is 0 Å². The van der Waals surface area contributed by atoms with Gasteiger partial charge in [0.25, 0.3) is 0 Å². The number of hydrogen-bond acceptors (Lipinski definition) is 4. The average Bonchev–Trinajstić information content (AvgIpc) is 2.95. The third-order valence-electron chi connectivity index (χ3n) is 4.38. The first-order chi connectivity index (χ1) is 9.60. The van der Waals surface area contributed by atoms with E-state index in [2.05, 4.69) is 18.5 Å². The molecule has 3 nitrogen and oxygen atoms in total. The molecule has 1 unspecified atom stereocenters. The van der Waals surface area contributed by atoms with E-state index >= 15 is 0 Å². The highest BCUT2D eigenvalue weighted by Crippen LogP contribution is 2.40. The van der Waals surface area contributed by atoms with Crippen molar-refractivity contribution in [2.45, 2.75) is 43.4 Å². The zero-order chi connectivity index (χ0) is 14.6. The third-order valence-corrected chi connectivity index (χ3v) is 5.80. The Morgan fingerprint density at radius 3 is 2.70 bits per heavy atom.